The van der Waals surface area contributed by atoms with Crippen LogP contribution in [0.2, 0.25) is 0 Å². The number of carboxylic acids is 1. The Morgan fingerprint density at radius 1 is 1.23 bits per heavy atom. The molecule has 1 aliphatic rings. The number of hydrogen-bond donors (Lipinski definition) is 1. The maximum absolute atomic E-state index is 11.6. The first-order valence-corrected chi connectivity index (χ1v) is 11.0. The zero-order chi connectivity index (χ0) is 22.0. The van der Waals surface area contributed by atoms with Crippen LogP contribution in [-0.4, -0.2) is 22.7 Å². The summed E-state index contributed by atoms with van der Waals surface area (Å²) >= 11 is 0. The van der Waals surface area contributed by atoms with Crippen molar-refractivity contribution >= 4 is 5.97 Å². The van der Waals surface area contributed by atoms with Crippen LogP contribution in [-0.2, 0) is 17.6 Å². The molecule has 162 valence electrons. The average molecular weight is 420 g/mol. The van der Waals surface area contributed by atoms with Crippen molar-refractivity contribution < 1.29 is 19.1 Å². The van der Waals surface area contributed by atoms with Gasteiger partial charge >= 0.3 is 5.97 Å². The maximum atomic E-state index is 11.6. The summed E-state index contributed by atoms with van der Waals surface area (Å²) in [6, 6.07) is 14.2. The molecule has 0 saturated heterocycles. The minimum absolute atomic E-state index is 0.101. The summed E-state index contributed by atoms with van der Waals surface area (Å²) in [4.78, 5) is 16.1. The van der Waals surface area contributed by atoms with Crippen LogP contribution in [0.1, 0.15) is 53.8 Å². The second kappa shape index (κ2) is 8.96. The van der Waals surface area contributed by atoms with Crippen molar-refractivity contribution in [3.63, 3.8) is 0 Å². The number of aryl methyl sites for hydroxylation is 3. The summed E-state index contributed by atoms with van der Waals surface area (Å²) in [5, 5.41) is 9.51. The molecule has 1 aromatic heterocycles. The van der Waals surface area contributed by atoms with Crippen LogP contribution < -0.4 is 4.74 Å². The van der Waals surface area contributed by atoms with Gasteiger partial charge in [-0.1, -0.05) is 30.7 Å². The van der Waals surface area contributed by atoms with E-state index in [2.05, 4.69) is 30.1 Å². The topological polar surface area (TPSA) is 72.6 Å². The molecule has 0 saturated carbocycles. The number of carbonyl (C=O) groups is 1. The third-order valence-electron chi connectivity index (χ3n) is 6.27. The van der Waals surface area contributed by atoms with E-state index in [4.69, 9.17) is 9.15 Å². The Morgan fingerprint density at radius 2 is 2.00 bits per heavy atom. The molecule has 5 heteroatoms. The first-order valence-electron chi connectivity index (χ1n) is 11.0. The van der Waals surface area contributed by atoms with E-state index in [0.717, 1.165) is 41.2 Å². The van der Waals surface area contributed by atoms with Gasteiger partial charge in [0.2, 0.25) is 5.89 Å². The average Bonchev–Trinajstić information content (AvgIpc) is 3.32. The molecule has 1 aliphatic carbocycles. The van der Waals surface area contributed by atoms with Crippen molar-refractivity contribution in [2.75, 3.05) is 6.61 Å². The van der Waals surface area contributed by atoms with Gasteiger partial charge in [0, 0.05) is 12.0 Å². The molecule has 0 bridgehead atoms. The molecule has 1 N–H and O–H groups in total. The zero-order valence-corrected chi connectivity index (χ0v) is 18.4. The maximum Gasteiger partial charge on any atom is 0.307 e. The zero-order valence-electron chi connectivity index (χ0n) is 18.4. The van der Waals surface area contributed by atoms with E-state index in [1.165, 1.54) is 11.1 Å². The normalized spacial score (nSPS) is 16.2. The molecule has 31 heavy (non-hydrogen) atoms. The van der Waals surface area contributed by atoms with E-state index < -0.39 is 5.97 Å². The molecule has 3 aromatic rings. The van der Waals surface area contributed by atoms with Gasteiger partial charge in [0.15, 0.2) is 0 Å². The molecule has 2 aromatic carbocycles. The first kappa shape index (κ1) is 21.2. The third-order valence-corrected chi connectivity index (χ3v) is 6.27. The number of ether oxygens (including phenoxy) is 1. The Morgan fingerprint density at radius 3 is 2.71 bits per heavy atom. The van der Waals surface area contributed by atoms with Crippen LogP contribution in [0.25, 0.3) is 11.5 Å². The molecule has 0 fully saturated rings. The fourth-order valence-corrected chi connectivity index (χ4v) is 4.51. The number of rotatable bonds is 8. The van der Waals surface area contributed by atoms with Gasteiger partial charge in [0.05, 0.1) is 18.2 Å². The lowest BCUT2D eigenvalue weighted by molar-refractivity contribution is -0.142. The molecule has 0 aliphatic heterocycles. The quantitative estimate of drug-likeness (QED) is 0.505. The summed E-state index contributed by atoms with van der Waals surface area (Å²) in [5.74, 6) is 1.38. The number of nitrogens with zero attached hydrogens (tertiary/aromatic N) is 1. The van der Waals surface area contributed by atoms with Crippen LogP contribution in [0.5, 0.6) is 5.75 Å². The number of aromatic nitrogens is 1. The number of carboxylic acid groups (broad SMARTS) is 1. The van der Waals surface area contributed by atoms with Gasteiger partial charge in [-0.15, -0.1) is 0 Å². The van der Waals surface area contributed by atoms with E-state index in [1.807, 2.05) is 38.1 Å². The predicted molar refractivity (Wildman–Crippen MR) is 120 cm³/mol. The SMILES string of the molecule is CCC(C(=O)O)C1CCc2cc(OCCc3oc(-c4ccc(C)cc4)nc3C)ccc21. The Kier molecular flexibility index (Phi) is 6.12. The van der Waals surface area contributed by atoms with Crippen molar-refractivity contribution in [1.29, 1.82) is 0 Å². The van der Waals surface area contributed by atoms with Crippen molar-refractivity contribution in [3.05, 3.63) is 70.6 Å². The highest BCUT2D eigenvalue weighted by atomic mass is 16.5. The van der Waals surface area contributed by atoms with Gasteiger partial charge in [0.25, 0.3) is 0 Å². The van der Waals surface area contributed by atoms with Gasteiger partial charge in [-0.3, -0.25) is 4.79 Å². The molecular weight excluding hydrogens is 390 g/mol. The van der Waals surface area contributed by atoms with Crippen molar-refractivity contribution in [2.45, 2.75) is 52.4 Å². The van der Waals surface area contributed by atoms with Gasteiger partial charge in [-0.05, 0) is 74.4 Å². The standard InChI is InChI=1S/C26H29NO4/c1-4-21(26(28)29)23-11-9-19-15-20(10-12-22(19)23)30-14-13-24-17(3)27-25(31-24)18-7-5-16(2)6-8-18/h5-8,10,12,15,21,23H,4,9,11,13-14H2,1-3H3,(H,28,29). The minimum atomic E-state index is -0.701. The lowest BCUT2D eigenvalue weighted by Gasteiger charge is -2.19. The molecule has 1 heterocycles. The highest BCUT2D eigenvalue weighted by Gasteiger charge is 2.33. The van der Waals surface area contributed by atoms with Crippen molar-refractivity contribution in [2.24, 2.45) is 5.92 Å². The van der Waals surface area contributed by atoms with E-state index >= 15 is 0 Å². The van der Waals surface area contributed by atoms with Gasteiger partial charge in [0.1, 0.15) is 11.5 Å². The Labute approximate surface area is 183 Å². The smallest absolute Gasteiger partial charge is 0.307 e. The van der Waals surface area contributed by atoms with Gasteiger partial charge in [-0.2, -0.15) is 0 Å². The van der Waals surface area contributed by atoms with Crippen LogP contribution in [0, 0.1) is 19.8 Å². The number of fused-ring (bicyclic) bond motifs is 1. The van der Waals surface area contributed by atoms with E-state index in [0.29, 0.717) is 25.3 Å². The van der Waals surface area contributed by atoms with Crippen LogP contribution >= 0.6 is 0 Å². The first-order chi connectivity index (χ1) is 15.0. The number of aliphatic carboxylic acids is 1. The highest BCUT2D eigenvalue weighted by Crippen LogP contribution is 2.41. The van der Waals surface area contributed by atoms with Gasteiger partial charge < -0.3 is 14.3 Å². The molecule has 2 atom stereocenters. The van der Waals surface area contributed by atoms with Crippen molar-refractivity contribution in [3.8, 4) is 17.2 Å². The lowest BCUT2D eigenvalue weighted by Crippen LogP contribution is -2.19. The minimum Gasteiger partial charge on any atom is -0.493 e. The summed E-state index contributed by atoms with van der Waals surface area (Å²) < 4.78 is 12.0. The summed E-state index contributed by atoms with van der Waals surface area (Å²) in [6.45, 7) is 6.46. The molecule has 5 nitrogen and oxygen atoms in total. The van der Waals surface area contributed by atoms with Crippen LogP contribution in [0.4, 0.5) is 0 Å². The molecule has 4 rings (SSSR count). The molecule has 2 unspecified atom stereocenters. The fourth-order valence-electron chi connectivity index (χ4n) is 4.51. The Bertz CT molecular complexity index is 1070. The lowest BCUT2D eigenvalue weighted by atomic mass is 9.85. The second-order valence-corrected chi connectivity index (χ2v) is 8.35. The van der Waals surface area contributed by atoms with E-state index in [-0.39, 0.29) is 11.8 Å². The van der Waals surface area contributed by atoms with Crippen molar-refractivity contribution in [1.82, 2.24) is 4.98 Å². The largest absolute Gasteiger partial charge is 0.493 e. The third kappa shape index (κ3) is 4.50. The number of benzene rings is 2. The highest BCUT2D eigenvalue weighted by molar-refractivity contribution is 5.72. The molecular formula is C26H29NO4. The monoisotopic (exact) mass is 419 g/mol. The Balaban J connectivity index is 1.39. The fraction of sp³-hybridized carbons (Fsp3) is 0.385. The predicted octanol–water partition coefficient (Wildman–Crippen LogP) is 5.72. The number of hydrogen-bond acceptors (Lipinski definition) is 4. The van der Waals surface area contributed by atoms with Crippen LogP contribution in [0.15, 0.2) is 46.9 Å². The summed E-state index contributed by atoms with van der Waals surface area (Å²) in [5.41, 5.74) is 5.43. The Hall–Kier alpha value is -3.08. The van der Waals surface area contributed by atoms with E-state index in [1.54, 1.807) is 0 Å². The molecule has 0 amide bonds. The van der Waals surface area contributed by atoms with E-state index in [9.17, 15) is 9.90 Å². The molecule has 0 radical (unpaired) electrons. The number of oxazole rings is 1. The van der Waals surface area contributed by atoms with Gasteiger partial charge in [-0.25, -0.2) is 4.98 Å². The second-order valence-electron chi connectivity index (χ2n) is 8.35. The molecule has 0 spiro atoms. The van der Waals surface area contributed by atoms with Crippen LogP contribution in [0.3, 0.4) is 0 Å². The summed E-state index contributed by atoms with van der Waals surface area (Å²) in [6.07, 6.45) is 3.09. The summed E-state index contributed by atoms with van der Waals surface area (Å²) in [7, 11) is 0.